The molecule has 1 N–H and O–H groups in total. The van der Waals surface area contributed by atoms with Crippen LogP contribution in [0.3, 0.4) is 0 Å². The van der Waals surface area contributed by atoms with Crippen molar-refractivity contribution in [2.24, 2.45) is 5.92 Å². The van der Waals surface area contributed by atoms with Gasteiger partial charge in [0, 0.05) is 30.7 Å². The molecule has 1 atom stereocenters. The van der Waals surface area contributed by atoms with Crippen LogP contribution in [0.2, 0.25) is 0 Å². The quantitative estimate of drug-likeness (QED) is 0.784. The molecule has 1 saturated heterocycles. The molecular formula is C18H36N2. The number of piperazine rings is 1. The summed E-state index contributed by atoms with van der Waals surface area (Å²) in [5.41, 5.74) is 0.871. The lowest BCUT2D eigenvalue weighted by atomic mass is 9.81. The highest BCUT2D eigenvalue weighted by atomic mass is 15.3. The molecule has 0 aromatic carbocycles. The van der Waals surface area contributed by atoms with Gasteiger partial charge in [-0.05, 0) is 38.0 Å². The summed E-state index contributed by atoms with van der Waals surface area (Å²) in [6.07, 6.45) is 10.9. The fourth-order valence-electron chi connectivity index (χ4n) is 4.61. The summed E-state index contributed by atoms with van der Waals surface area (Å²) < 4.78 is 0. The summed E-state index contributed by atoms with van der Waals surface area (Å²) >= 11 is 0. The van der Waals surface area contributed by atoms with Gasteiger partial charge in [-0.2, -0.15) is 0 Å². The first kappa shape index (κ1) is 16.3. The van der Waals surface area contributed by atoms with Crippen molar-refractivity contribution < 1.29 is 0 Å². The molecule has 1 aliphatic heterocycles. The zero-order valence-corrected chi connectivity index (χ0v) is 14.3. The second-order valence-electron chi connectivity index (χ2n) is 7.55. The van der Waals surface area contributed by atoms with Crippen LogP contribution in [0.5, 0.6) is 0 Å². The van der Waals surface area contributed by atoms with Gasteiger partial charge in [0.15, 0.2) is 0 Å². The SMILES string of the molecule is CCCC(C)CN1CC2(CCCC2)NCC1(CC)CC. The molecule has 0 bridgehead atoms. The van der Waals surface area contributed by atoms with E-state index in [2.05, 4.69) is 37.9 Å². The normalized spacial score (nSPS) is 27.0. The third kappa shape index (κ3) is 3.22. The maximum Gasteiger partial charge on any atom is 0.0329 e. The molecule has 0 aromatic rings. The number of nitrogens with one attached hydrogen (secondary N) is 1. The van der Waals surface area contributed by atoms with Crippen molar-refractivity contribution in [1.29, 1.82) is 0 Å². The third-order valence-electron chi connectivity index (χ3n) is 6.15. The van der Waals surface area contributed by atoms with Crippen LogP contribution in [-0.4, -0.2) is 35.6 Å². The largest absolute Gasteiger partial charge is 0.308 e. The molecule has 0 radical (unpaired) electrons. The van der Waals surface area contributed by atoms with Gasteiger partial charge in [0.2, 0.25) is 0 Å². The third-order valence-corrected chi connectivity index (χ3v) is 6.15. The Kier molecular flexibility index (Phi) is 5.53. The van der Waals surface area contributed by atoms with Gasteiger partial charge in [-0.15, -0.1) is 0 Å². The van der Waals surface area contributed by atoms with E-state index in [4.69, 9.17) is 0 Å². The highest BCUT2D eigenvalue weighted by molar-refractivity contribution is 5.06. The Morgan fingerprint density at radius 1 is 1.10 bits per heavy atom. The van der Waals surface area contributed by atoms with E-state index in [0.717, 1.165) is 5.92 Å². The first-order chi connectivity index (χ1) is 9.60. The van der Waals surface area contributed by atoms with E-state index in [1.165, 1.54) is 71.0 Å². The van der Waals surface area contributed by atoms with Crippen molar-refractivity contribution in [3.8, 4) is 0 Å². The highest BCUT2D eigenvalue weighted by Crippen LogP contribution is 2.38. The van der Waals surface area contributed by atoms with Crippen LogP contribution in [0.25, 0.3) is 0 Å². The first-order valence-electron chi connectivity index (χ1n) is 9.10. The summed E-state index contributed by atoms with van der Waals surface area (Å²) in [5, 5.41) is 3.98. The zero-order valence-electron chi connectivity index (χ0n) is 14.3. The average Bonchev–Trinajstić information content (AvgIpc) is 2.89. The van der Waals surface area contributed by atoms with Crippen LogP contribution < -0.4 is 5.32 Å². The van der Waals surface area contributed by atoms with Gasteiger partial charge < -0.3 is 5.32 Å². The maximum absolute atomic E-state index is 3.98. The van der Waals surface area contributed by atoms with Crippen LogP contribution in [-0.2, 0) is 0 Å². The van der Waals surface area contributed by atoms with E-state index < -0.39 is 0 Å². The molecule has 0 aromatic heterocycles. The molecule has 0 amide bonds. The van der Waals surface area contributed by atoms with Crippen molar-refractivity contribution in [3.63, 3.8) is 0 Å². The monoisotopic (exact) mass is 280 g/mol. The van der Waals surface area contributed by atoms with Crippen molar-refractivity contribution in [2.75, 3.05) is 19.6 Å². The number of hydrogen-bond donors (Lipinski definition) is 1. The molecule has 1 saturated carbocycles. The molecular weight excluding hydrogens is 244 g/mol. The molecule has 2 fully saturated rings. The summed E-state index contributed by atoms with van der Waals surface area (Å²) in [6.45, 7) is 13.3. The Bertz CT molecular complexity index is 290. The number of rotatable bonds is 6. The van der Waals surface area contributed by atoms with Crippen LogP contribution in [0, 0.1) is 5.92 Å². The first-order valence-corrected chi connectivity index (χ1v) is 9.10. The smallest absolute Gasteiger partial charge is 0.0329 e. The Morgan fingerprint density at radius 2 is 1.75 bits per heavy atom. The van der Waals surface area contributed by atoms with Crippen LogP contribution in [0.1, 0.15) is 79.1 Å². The predicted octanol–water partition coefficient (Wildman–Crippen LogP) is 4.20. The van der Waals surface area contributed by atoms with E-state index >= 15 is 0 Å². The standard InChI is InChI=1S/C18H36N2/c1-5-10-16(4)13-20-15-17(11-8-9-12-17)19-14-18(20,6-2)7-3/h16,19H,5-15H2,1-4H3. The van der Waals surface area contributed by atoms with Gasteiger partial charge >= 0.3 is 0 Å². The van der Waals surface area contributed by atoms with Gasteiger partial charge in [0.05, 0.1) is 0 Å². The fourth-order valence-corrected chi connectivity index (χ4v) is 4.61. The van der Waals surface area contributed by atoms with E-state index in [1.54, 1.807) is 0 Å². The van der Waals surface area contributed by atoms with E-state index in [-0.39, 0.29) is 0 Å². The average molecular weight is 280 g/mol. The molecule has 2 aliphatic rings. The number of hydrogen-bond acceptors (Lipinski definition) is 2. The Hall–Kier alpha value is -0.0800. The van der Waals surface area contributed by atoms with Crippen LogP contribution in [0.15, 0.2) is 0 Å². The molecule has 118 valence electrons. The van der Waals surface area contributed by atoms with E-state index in [1.807, 2.05) is 0 Å². The molecule has 20 heavy (non-hydrogen) atoms. The lowest BCUT2D eigenvalue weighted by Gasteiger charge is -2.54. The summed E-state index contributed by atoms with van der Waals surface area (Å²) in [7, 11) is 0. The summed E-state index contributed by atoms with van der Waals surface area (Å²) in [6, 6.07) is 0. The molecule has 1 spiro atoms. The maximum atomic E-state index is 3.98. The minimum atomic E-state index is 0.413. The number of nitrogens with zero attached hydrogens (tertiary/aromatic N) is 1. The van der Waals surface area contributed by atoms with Gasteiger partial charge in [-0.1, -0.05) is 47.0 Å². The predicted molar refractivity (Wildman–Crippen MR) is 88.2 cm³/mol. The fraction of sp³-hybridized carbons (Fsp3) is 1.00. The lowest BCUT2D eigenvalue weighted by molar-refractivity contribution is -0.00987. The minimum absolute atomic E-state index is 0.413. The van der Waals surface area contributed by atoms with E-state index in [0.29, 0.717) is 11.1 Å². The van der Waals surface area contributed by atoms with Gasteiger partial charge in [0.1, 0.15) is 0 Å². The molecule has 1 aliphatic carbocycles. The van der Waals surface area contributed by atoms with E-state index in [9.17, 15) is 0 Å². The van der Waals surface area contributed by atoms with Gasteiger partial charge in [-0.25, -0.2) is 0 Å². The second-order valence-corrected chi connectivity index (χ2v) is 7.55. The molecule has 2 rings (SSSR count). The van der Waals surface area contributed by atoms with Crippen molar-refractivity contribution >= 4 is 0 Å². The molecule has 1 unspecified atom stereocenters. The van der Waals surface area contributed by atoms with Crippen LogP contribution >= 0.6 is 0 Å². The minimum Gasteiger partial charge on any atom is -0.308 e. The topological polar surface area (TPSA) is 15.3 Å². The van der Waals surface area contributed by atoms with Gasteiger partial charge in [-0.3, -0.25) is 4.90 Å². The van der Waals surface area contributed by atoms with Crippen molar-refractivity contribution in [3.05, 3.63) is 0 Å². The van der Waals surface area contributed by atoms with Crippen molar-refractivity contribution in [1.82, 2.24) is 10.2 Å². The van der Waals surface area contributed by atoms with Gasteiger partial charge in [0.25, 0.3) is 0 Å². The highest BCUT2D eigenvalue weighted by Gasteiger charge is 2.46. The van der Waals surface area contributed by atoms with Crippen LogP contribution in [0.4, 0.5) is 0 Å². The molecule has 2 heteroatoms. The Labute approximate surface area is 126 Å². The lowest BCUT2D eigenvalue weighted by Crippen LogP contribution is -2.69. The Morgan fingerprint density at radius 3 is 2.30 bits per heavy atom. The zero-order chi connectivity index (χ0) is 14.6. The Balaban J connectivity index is 2.10. The molecule has 1 heterocycles. The summed E-state index contributed by atoms with van der Waals surface area (Å²) in [5.74, 6) is 0.842. The summed E-state index contributed by atoms with van der Waals surface area (Å²) in [4.78, 5) is 2.88. The molecule has 2 nitrogen and oxygen atoms in total. The van der Waals surface area contributed by atoms with Crippen molar-refractivity contribution in [2.45, 2.75) is 90.1 Å². The second kappa shape index (κ2) is 6.79.